The van der Waals surface area contributed by atoms with E-state index >= 15 is 0 Å². The lowest BCUT2D eigenvalue weighted by Crippen LogP contribution is -2.41. The number of nitrogens with zero attached hydrogens (tertiary/aromatic N) is 5. The number of aromatic nitrogens is 4. The van der Waals surface area contributed by atoms with Crippen molar-refractivity contribution in [3.8, 4) is 0 Å². The van der Waals surface area contributed by atoms with Gasteiger partial charge in [0.25, 0.3) is 0 Å². The normalized spacial score (nSPS) is 14.4. The number of hydrogen-bond acceptors (Lipinski definition) is 4. The molecule has 0 saturated heterocycles. The van der Waals surface area contributed by atoms with Crippen LogP contribution in [0.15, 0.2) is 48.5 Å². The van der Waals surface area contributed by atoms with Crippen LogP contribution in [0.5, 0.6) is 0 Å². The summed E-state index contributed by atoms with van der Waals surface area (Å²) in [5.41, 5.74) is 5.67. The highest BCUT2D eigenvalue weighted by Crippen LogP contribution is 2.28. The number of nitrogens with one attached hydrogen (secondary N) is 1. The molecule has 1 saturated carbocycles. The molecule has 0 bridgehead atoms. The van der Waals surface area contributed by atoms with Crippen LogP contribution in [0, 0.1) is 13.8 Å². The molecule has 1 fully saturated rings. The van der Waals surface area contributed by atoms with Crippen molar-refractivity contribution in [1.82, 2.24) is 24.9 Å². The van der Waals surface area contributed by atoms with E-state index in [0.29, 0.717) is 12.2 Å². The highest BCUT2D eigenvalue weighted by molar-refractivity contribution is 5.91. The molecule has 158 valence electrons. The minimum Gasteiger partial charge on any atom is -0.317 e. The molecule has 7 heteroatoms. The van der Waals surface area contributed by atoms with Gasteiger partial charge in [-0.3, -0.25) is 0 Å². The average Bonchev–Trinajstić information content (AvgIpc) is 3.46. The van der Waals surface area contributed by atoms with E-state index in [0.717, 1.165) is 59.0 Å². The summed E-state index contributed by atoms with van der Waals surface area (Å²) < 4.78 is 1.78. The molecule has 31 heavy (non-hydrogen) atoms. The molecule has 1 aliphatic carbocycles. The minimum absolute atomic E-state index is 0.0733. The van der Waals surface area contributed by atoms with Crippen molar-refractivity contribution >= 4 is 28.3 Å². The lowest BCUT2D eigenvalue weighted by Gasteiger charge is -2.29. The number of tetrazole rings is 1. The number of anilines is 1. The molecule has 2 aromatic carbocycles. The Bertz CT molecular complexity index is 1260. The number of carbonyl (C=O) groups is 1. The highest BCUT2D eigenvalue weighted by atomic mass is 16.2. The van der Waals surface area contributed by atoms with Crippen LogP contribution in [0.25, 0.3) is 16.6 Å². The third-order valence-corrected chi connectivity index (χ3v) is 6.25. The van der Waals surface area contributed by atoms with Gasteiger partial charge >= 0.3 is 6.03 Å². The maximum Gasteiger partial charge on any atom is 0.322 e. The van der Waals surface area contributed by atoms with E-state index in [-0.39, 0.29) is 12.1 Å². The Hall–Kier alpha value is -3.48. The Balaban J connectivity index is 1.52. The maximum atomic E-state index is 13.4. The zero-order valence-corrected chi connectivity index (χ0v) is 17.9. The van der Waals surface area contributed by atoms with Crippen LogP contribution in [0.1, 0.15) is 42.4 Å². The summed E-state index contributed by atoms with van der Waals surface area (Å²) >= 11 is 0. The Labute approximate surface area is 181 Å². The number of fused-ring (bicyclic) bond motifs is 3. The zero-order chi connectivity index (χ0) is 21.4. The summed E-state index contributed by atoms with van der Waals surface area (Å²) in [5.74, 6) is 0. The SMILES string of the molecule is Cc1ccc2cc(CN(C(=O)Nc3ccccc3C)C3CCCC3)c3nnnn3c2c1. The second-order valence-electron chi connectivity index (χ2n) is 8.46. The zero-order valence-electron chi connectivity index (χ0n) is 17.9. The summed E-state index contributed by atoms with van der Waals surface area (Å²) in [5, 5.41) is 16.6. The summed E-state index contributed by atoms with van der Waals surface area (Å²) in [6.07, 6.45) is 4.35. The number of urea groups is 1. The monoisotopic (exact) mass is 414 g/mol. The van der Waals surface area contributed by atoms with Crippen LogP contribution in [0.3, 0.4) is 0 Å². The van der Waals surface area contributed by atoms with E-state index in [1.165, 1.54) is 0 Å². The first-order valence-corrected chi connectivity index (χ1v) is 10.8. The summed E-state index contributed by atoms with van der Waals surface area (Å²) in [6.45, 7) is 4.53. The Morgan fingerprint density at radius 2 is 1.94 bits per heavy atom. The summed E-state index contributed by atoms with van der Waals surface area (Å²) in [4.78, 5) is 15.4. The van der Waals surface area contributed by atoms with Crippen LogP contribution in [0.4, 0.5) is 10.5 Å². The molecule has 2 aromatic heterocycles. The number of hydrogen-bond donors (Lipinski definition) is 1. The lowest BCUT2D eigenvalue weighted by molar-refractivity contribution is 0.185. The molecule has 0 unspecified atom stereocenters. The Kier molecular flexibility index (Phi) is 5.02. The van der Waals surface area contributed by atoms with Crippen LogP contribution in [-0.4, -0.2) is 37.0 Å². The average molecular weight is 415 g/mol. The highest BCUT2D eigenvalue weighted by Gasteiger charge is 2.28. The largest absolute Gasteiger partial charge is 0.322 e. The number of benzene rings is 2. The van der Waals surface area contributed by atoms with E-state index in [4.69, 9.17) is 0 Å². The standard InChI is InChI=1S/C24H26N6O/c1-16-11-12-18-14-19(23-26-27-28-30(23)22(18)13-16)15-29(20-8-4-5-9-20)24(31)25-21-10-6-3-7-17(21)2/h3,6-7,10-14,20H,4-5,8-9,15H2,1-2H3,(H,25,31). The van der Waals surface area contributed by atoms with Crippen molar-refractivity contribution in [2.24, 2.45) is 0 Å². The molecule has 7 nitrogen and oxygen atoms in total. The molecule has 2 heterocycles. The predicted molar refractivity (Wildman–Crippen MR) is 121 cm³/mol. The van der Waals surface area contributed by atoms with Crippen molar-refractivity contribution in [2.45, 2.75) is 52.1 Å². The summed E-state index contributed by atoms with van der Waals surface area (Å²) in [7, 11) is 0. The second kappa shape index (κ2) is 7.98. The van der Waals surface area contributed by atoms with E-state index < -0.39 is 0 Å². The first kappa shape index (κ1) is 19.5. The van der Waals surface area contributed by atoms with Crippen LogP contribution in [0.2, 0.25) is 0 Å². The molecule has 0 spiro atoms. The van der Waals surface area contributed by atoms with Crippen LogP contribution < -0.4 is 5.32 Å². The molecule has 5 rings (SSSR count). The van der Waals surface area contributed by atoms with E-state index in [1.54, 1.807) is 4.52 Å². The number of aryl methyl sites for hydroxylation is 2. The van der Waals surface area contributed by atoms with Gasteiger partial charge in [-0.25, -0.2) is 4.79 Å². The first-order valence-electron chi connectivity index (χ1n) is 10.8. The molecule has 4 aromatic rings. The maximum absolute atomic E-state index is 13.4. The number of amides is 2. The van der Waals surface area contributed by atoms with Gasteiger partial charge in [0.2, 0.25) is 0 Å². The molecule has 0 atom stereocenters. The molecule has 2 amide bonds. The minimum atomic E-state index is -0.0733. The van der Waals surface area contributed by atoms with Gasteiger partial charge in [-0.05, 0) is 66.4 Å². The van der Waals surface area contributed by atoms with Gasteiger partial charge in [0, 0.05) is 22.7 Å². The molecular formula is C24H26N6O. The topological polar surface area (TPSA) is 75.4 Å². The van der Waals surface area contributed by atoms with E-state index in [2.05, 4.69) is 52.0 Å². The van der Waals surface area contributed by atoms with Crippen molar-refractivity contribution < 1.29 is 4.79 Å². The number of pyridine rings is 1. The van der Waals surface area contributed by atoms with Crippen molar-refractivity contribution in [1.29, 1.82) is 0 Å². The lowest BCUT2D eigenvalue weighted by atomic mass is 10.1. The predicted octanol–water partition coefficient (Wildman–Crippen LogP) is 4.87. The molecule has 1 N–H and O–H groups in total. The number of carbonyl (C=O) groups excluding carboxylic acids is 1. The third kappa shape index (κ3) is 3.71. The molecule has 0 aliphatic heterocycles. The quantitative estimate of drug-likeness (QED) is 0.517. The van der Waals surface area contributed by atoms with Gasteiger partial charge in [-0.2, -0.15) is 4.52 Å². The number of para-hydroxylation sites is 1. The Morgan fingerprint density at radius 3 is 2.74 bits per heavy atom. The fourth-order valence-electron chi connectivity index (χ4n) is 4.54. The number of rotatable bonds is 4. The fourth-order valence-corrected chi connectivity index (χ4v) is 4.54. The van der Waals surface area contributed by atoms with Crippen LogP contribution >= 0.6 is 0 Å². The van der Waals surface area contributed by atoms with E-state index in [9.17, 15) is 4.79 Å². The third-order valence-electron chi connectivity index (χ3n) is 6.25. The summed E-state index contributed by atoms with van der Waals surface area (Å²) in [6, 6.07) is 16.4. The first-order chi connectivity index (χ1) is 15.1. The van der Waals surface area contributed by atoms with Crippen LogP contribution in [-0.2, 0) is 6.54 Å². The van der Waals surface area contributed by atoms with Gasteiger partial charge in [-0.1, -0.05) is 43.2 Å². The van der Waals surface area contributed by atoms with Gasteiger partial charge in [0.1, 0.15) is 0 Å². The molecule has 1 aliphatic rings. The van der Waals surface area contributed by atoms with Crippen molar-refractivity contribution in [3.63, 3.8) is 0 Å². The molecule has 0 radical (unpaired) electrons. The van der Waals surface area contributed by atoms with Gasteiger partial charge in [0.05, 0.1) is 12.1 Å². The van der Waals surface area contributed by atoms with Gasteiger partial charge in [0.15, 0.2) is 5.65 Å². The fraction of sp³-hybridized carbons (Fsp3) is 0.333. The molecular weight excluding hydrogens is 388 g/mol. The van der Waals surface area contributed by atoms with Gasteiger partial charge < -0.3 is 10.2 Å². The van der Waals surface area contributed by atoms with E-state index in [1.807, 2.05) is 36.1 Å². The smallest absolute Gasteiger partial charge is 0.317 e. The van der Waals surface area contributed by atoms with Gasteiger partial charge in [-0.15, -0.1) is 5.10 Å². The van der Waals surface area contributed by atoms with Crippen molar-refractivity contribution in [2.75, 3.05) is 5.32 Å². The second-order valence-corrected chi connectivity index (χ2v) is 8.46. The van der Waals surface area contributed by atoms with Crippen molar-refractivity contribution in [3.05, 3.63) is 65.2 Å². The Morgan fingerprint density at radius 1 is 1.13 bits per heavy atom.